The molecule has 0 saturated carbocycles. The van der Waals surface area contributed by atoms with E-state index in [0.29, 0.717) is 22.4 Å². The first-order valence-corrected chi connectivity index (χ1v) is 11.8. The molecule has 162 valence electrons. The highest BCUT2D eigenvalue weighted by atomic mass is 32.2. The van der Waals surface area contributed by atoms with Crippen LogP contribution in [0.5, 0.6) is 0 Å². The van der Waals surface area contributed by atoms with Crippen LogP contribution in [0.25, 0.3) is 11.3 Å². The molecule has 2 aliphatic rings. The molecule has 1 aliphatic carbocycles. The number of hydrogen-bond donors (Lipinski definition) is 1. The van der Waals surface area contributed by atoms with Crippen molar-refractivity contribution in [3.63, 3.8) is 0 Å². The predicted octanol–water partition coefficient (Wildman–Crippen LogP) is 2.77. The number of aromatic nitrogens is 2. The maximum absolute atomic E-state index is 14.4. The van der Waals surface area contributed by atoms with Crippen molar-refractivity contribution in [3.8, 4) is 11.3 Å². The van der Waals surface area contributed by atoms with Crippen molar-refractivity contribution in [1.29, 1.82) is 0 Å². The van der Waals surface area contributed by atoms with E-state index >= 15 is 0 Å². The first kappa shape index (κ1) is 21.0. The van der Waals surface area contributed by atoms with Crippen LogP contribution in [0.1, 0.15) is 36.2 Å². The second-order valence-electron chi connectivity index (χ2n) is 8.13. The average molecular weight is 440 g/mol. The first-order chi connectivity index (χ1) is 14.0. The molecule has 2 aromatic rings. The lowest BCUT2D eigenvalue weighted by Gasteiger charge is -2.42. The summed E-state index contributed by atoms with van der Waals surface area (Å²) in [5.41, 5.74) is 7.68. The summed E-state index contributed by atoms with van der Waals surface area (Å²) in [6.45, 7) is 1.74. The fourth-order valence-corrected chi connectivity index (χ4v) is 4.76. The van der Waals surface area contributed by atoms with Gasteiger partial charge in [0.15, 0.2) is 0 Å². The molecule has 6 nitrogen and oxygen atoms in total. The Morgan fingerprint density at radius 1 is 1.27 bits per heavy atom. The molecule has 2 N–H and O–H groups in total. The molecule has 1 fully saturated rings. The minimum atomic E-state index is -3.24. The Balaban J connectivity index is 1.73. The van der Waals surface area contributed by atoms with Gasteiger partial charge in [-0.25, -0.2) is 22.8 Å². The Morgan fingerprint density at radius 2 is 1.93 bits per heavy atom. The third-order valence-corrected chi connectivity index (χ3v) is 6.73. The number of benzene rings is 1. The lowest BCUT2D eigenvalue weighted by atomic mass is 10.0. The molecule has 0 radical (unpaired) electrons. The van der Waals surface area contributed by atoms with E-state index in [1.165, 1.54) is 0 Å². The quantitative estimate of drug-likeness (QED) is 0.769. The van der Waals surface area contributed by atoms with E-state index in [1.54, 1.807) is 36.1 Å². The fraction of sp³-hybridized carbons (Fsp3) is 0.500. The number of sulfone groups is 1. The van der Waals surface area contributed by atoms with Crippen molar-refractivity contribution in [2.45, 2.75) is 43.9 Å². The Kier molecular flexibility index (Phi) is 5.05. The molecule has 0 bridgehead atoms. The summed E-state index contributed by atoms with van der Waals surface area (Å²) in [4.78, 5) is 10.2. The van der Waals surface area contributed by atoms with Gasteiger partial charge in [-0.15, -0.1) is 0 Å². The molecule has 10 heteroatoms. The number of nitrogens with two attached hydrogens (primary N) is 1. The number of rotatable bonds is 5. The number of halogens is 3. The summed E-state index contributed by atoms with van der Waals surface area (Å²) in [5.74, 6) is -3.14. The minimum absolute atomic E-state index is 0.0737. The zero-order valence-electron chi connectivity index (χ0n) is 16.6. The SMILES string of the molecule is C[C@H]1[C@H](F)CN1c1nc(-c2ccc([C@H](N)CS(C)(=O)=O)cc2)c2c(n1)C(F)(F)CC2. The number of fused-ring (bicyclic) bond motifs is 1. The van der Waals surface area contributed by atoms with Crippen LogP contribution < -0.4 is 10.6 Å². The van der Waals surface area contributed by atoms with Crippen molar-refractivity contribution in [1.82, 2.24) is 9.97 Å². The monoisotopic (exact) mass is 440 g/mol. The van der Waals surface area contributed by atoms with Gasteiger partial charge in [0.25, 0.3) is 5.92 Å². The summed E-state index contributed by atoms with van der Waals surface area (Å²) >= 11 is 0. The van der Waals surface area contributed by atoms with Crippen molar-refractivity contribution in [2.24, 2.45) is 5.73 Å². The molecule has 1 saturated heterocycles. The van der Waals surface area contributed by atoms with Gasteiger partial charge in [0.2, 0.25) is 5.95 Å². The van der Waals surface area contributed by atoms with Gasteiger partial charge in [0.05, 0.1) is 24.0 Å². The summed E-state index contributed by atoms with van der Waals surface area (Å²) in [6.07, 6.45) is -0.117. The van der Waals surface area contributed by atoms with E-state index in [9.17, 15) is 21.6 Å². The van der Waals surface area contributed by atoms with Crippen LogP contribution in [0.2, 0.25) is 0 Å². The molecule has 3 atom stereocenters. The highest BCUT2D eigenvalue weighted by molar-refractivity contribution is 7.90. The van der Waals surface area contributed by atoms with E-state index in [0.717, 1.165) is 6.26 Å². The molecule has 4 rings (SSSR count). The third-order valence-electron chi connectivity index (χ3n) is 5.77. The Bertz CT molecular complexity index is 1080. The normalized spacial score (nSPS) is 23.7. The van der Waals surface area contributed by atoms with Gasteiger partial charge in [-0.1, -0.05) is 24.3 Å². The molecular formula is C20H23F3N4O2S. The van der Waals surface area contributed by atoms with E-state index in [-0.39, 0.29) is 36.8 Å². The molecule has 1 aromatic carbocycles. The van der Waals surface area contributed by atoms with Crippen molar-refractivity contribution >= 4 is 15.8 Å². The lowest BCUT2D eigenvalue weighted by Crippen LogP contribution is -2.57. The molecule has 1 aromatic heterocycles. The van der Waals surface area contributed by atoms with Gasteiger partial charge in [-0.2, -0.15) is 8.78 Å². The summed E-state index contributed by atoms with van der Waals surface area (Å²) in [6, 6.07) is 5.58. The third kappa shape index (κ3) is 3.78. The second kappa shape index (κ2) is 7.19. The van der Waals surface area contributed by atoms with Crippen LogP contribution >= 0.6 is 0 Å². The topological polar surface area (TPSA) is 89.2 Å². The van der Waals surface area contributed by atoms with E-state index in [4.69, 9.17) is 5.73 Å². The molecule has 0 spiro atoms. The molecule has 30 heavy (non-hydrogen) atoms. The van der Waals surface area contributed by atoms with E-state index < -0.39 is 34.0 Å². The smallest absolute Gasteiger partial charge is 0.290 e. The number of anilines is 1. The van der Waals surface area contributed by atoms with Crippen molar-refractivity contribution in [2.75, 3.05) is 23.5 Å². The van der Waals surface area contributed by atoms with Crippen LogP contribution in [-0.4, -0.2) is 49.2 Å². The zero-order chi connectivity index (χ0) is 21.8. The molecule has 0 unspecified atom stereocenters. The van der Waals surface area contributed by atoms with Gasteiger partial charge in [-0.3, -0.25) is 0 Å². The van der Waals surface area contributed by atoms with Gasteiger partial charge in [0, 0.05) is 29.8 Å². The Morgan fingerprint density at radius 3 is 2.50 bits per heavy atom. The van der Waals surface area contributed by atoms with Crippen LogP contribution in [0, 0.1) is 0 Å². The summed E-state index contributed by atoms with van der Waals surface area (Å²) < 4.78 is 65.5. The van der Waals surface area contributed by atoms with Crippen molar-refractivity contribution in [3.05, 3.63) is 41.1 Å². The fourth-order valence-electron chi connectivity index (χ4n) is 3.92. The van der Waals surface area contributed by atoms with Crippen LogP contribution in [-0.2, 0) is 22.2 Å². The Hall–Kier alpha value is -2.20. The zero-order valence-corrected chi connectivity index (χ0v) is 17.5. The number of hydrogen-bond acceptors (Lipinski definition) is 6. The predicted molar refractivity (Wildman–Crippen MR) is 108 cm³/mol. The first-order valence-electron chi connectivity index (χ1n) is 9.70. The van der Waals surface area contributed by atoms with Crippen LogP contribution in [0.3, 0.4) is 0 Å². The molecule has 2 heterocycles. The maximum Gasteiger partial charge on any atom is 0.290 e. The van der Waals surface area contributed by atoms with E-state index in [2.05, 4.69) is 9.97 Å². The lowest BCUT2D eigenvalue weighted by molar-refractivity contribution is -0.00598. The summed E-state index contributed by atoms with van der Waals surface area (Å²) in [5, 5.41) is 0. The highest BCUT2D eigenvalue weighted by Crippen LogP contribution is 2.45. The molecule has 1 aliphatic heterocycles. The number of alkyl halides is 3. The molecular weight excluding hydrogens is 417 g/mol. The average Bonchev–Trinajstić information content (AvgIpc) is 2.98. The van der Waals surface area contributed by atoms with Gasteiger partial charge in [-0.05, 0) is 18.9 Å². The second-order valence-corrected chi connectivity index (χ2v) is 10.3. The van der Waals surface area contributed by atoms with Gasteiger partial charge in [0.1, 0.15) is 21.7 Å². The molecule has 0 amide bonds. The Labute approximate surface area is 173 Å². The highest BCUT2D eigenvalue weighted by Gasteiger charge is 2.45. The summed E-state index contributed by atoms with van der Waals surface area (Å²) in [7, 11) is -3.24. The minimum Gasteiger partial charge on any atom is -0.332 e. The van der Waals surface area contributed by atoms with Crippen LogP contribution in [0.15, 0.2) is 24.3 Å². The largest absolute Gasteiger partial charge is 0.332 e. The number of nitrogens with zero attached hydrogens (tertiary/aromatic N) is 3. The van der Waals surface area contributed by atoms with Gasteiger partial charge >= 0.3 is 0 Å². The maximum atomic E-state index is 14.4. The van der Waals surface area contributed by atoms with Crippen LogP contribution in [0.4, 0.5) is 19.1 Å². The van der Waals surface area contributed by atoms with Crippen molar-refractivity contribution < 1.29 is 21.6 Å². The van der Waals surface area contributed by atoms with E-state index in [1.807, 2.05) is 0 Å². The van der Waals surface area contributed by atoms with Gasteiger partial charge < -0.3 is 10.6 Å². The standard InChI is InChI=1S/C20H23F3N4O2S/c1-11-15(21)9-27(11)19-25-17(14-7-8-20(22,23)18(14)26-19)13-5-3-12(4-6-13)16(24)10-30(2,28)29/h3-6,11,15-16H,7-10,24H2,1-2H3/t11-,15+,16+/m0/s1.